The van der Waals surface area contributed by atoms with E-state index < -0.39 is 0 Å². The fourth-order valence-electron chi connectivity index (χ4n) is 2.50. The van der Waals surface area contributed by atoms with Crippen molar-refractivity contribution in [3.05, 3.63) is 29.8 Å². The van der Waals surface area contributed by atoms with Gasteiger partial charge in [0.2, 0.25) is 0 Å². The first-order valence-corrected chi connectivity index (χ1v) is 8.21. The molecule has 19 heavy (non-hydrogen) atoms. The van der Waals surface area contributed by atoms with Crippen molar-refractivity contribution in [1.29, 1.82) is 0 Å². The van der Waals surface area contributed by atoms with Gasteiger partial charge in [0.1, 0.15) is 0 Å². The van der Waals surface area contributed by atoms with Crippen LogP contribution in [0.3, 0.4) is 0 Å². The Bertz CT molecular complexity index is 415. The Balaban J connectivity index is 2.13. The van der Waals surface area contributed by atoms with E-state index in [2.05, 4.69) is 74.2 Å². The molecular formula is C16H26N2S. The third-order valence-corrected chi connectivity index (χ3v) is 5.01. The first kappa shape index (κ1) is 14.7. The minimum Gasteiger partial charge on any atom is -0.381 e. The number of nitrogens with zero attached hydrogens (tertiary/aromatic N) is 1. The Morgan fingerprint density at radius 2 is 2.05 bits per heavy atom. The topological polar surface area (TPSA) is 15.3 Å². The molecule has 0 amide bonds. The molecule has 106 valence electrons. The van der Waals surface area contributed by atoms with Gasteiger partial charge in [-0.2, -0.15) is 11.8 Å². The van der Waals surface area contributed by atoms with Crippen LogP contribution in [0.15, 0.2) is 24.3 Å². The highest BCUT2D eigenvalue weighted by Gasteiger charge is 2.32. The van der Waals surface area contributed by atoms with E-state index in [-0.39, 0.29) is 0 Å². The lowest BCUT2D eigenvalue weighted by Gasteiger charge is -2.39. The number of hydrogen-bond acceptors (Lipinski definition) is 3. The zero-order chi connectivity index (χ0) is 13.9. The van der Waals surface area contributed by atoms with E-state index in [0.29, 0.717) is 11.5 Å². The molecule has 1 fully saturated rings. The molecule has 1 aromatic carbocycles. The molecule has 0 aromatic heterocycles. The summed E-state index contributed by atoms with van der Waals surface area (Å²) >= 11 is 2.07. The molecule has 2 nitrogen and oxygen atoms in total. The highest BCUT2D eigenvalue weighted by Crippen LogP contribution is 2.36. The fraction of sp³-hybridized carbons (Fsp3) is 0.625. The van der Waals surface area contributed by atoms with Gasteiger partial charge in [0.05, 0.1) is 0 Å². The summed E-state index contributed by atoms with van der Waals surface area (Å²) in [6.45, 7) is 5.77. The summed E-state index contributed by atoms with van der Waals surface area (Å²) in [6, 6.07) is 9.27. The Morgan fingerprint density at radius 3 is 2.74 bits per heavy atom. The molecule has 0 aliphatic carbocycles. The van der Waals surface area contributed by atoms with Gasteiger partial charge in [0.15, 0.2) is 0 Å². The van der Waals surface area contributed by atoms with Gasteiger partial charge in [-0.05, 0) is 43.3 Å². The van der Waals surface area contributed by atoms with Crippen molar-refractivity contribution in [2.24, 2.45) is 5.41 Å². The number of benzene rings is 1. The van der Waals surface area contributed by atoms with Crippen molar-refractivity contribution < 1.29 is 0 Å². The van der Waals surface area contributed by atoms with E-state index in [9.17, 15) is 0 Å². The fourth-order valence-corrected chi connectivity index (χ4v) is 4.11. The Kier molecular flexibility index (Phi) is 4.80. The summed E-state index contributed by atoms with van der Waals surface area (Å²) in [5.74, 6) is 2.51. The van der Waals surface area contributed by atoms with Crippen LogP contribution in [-0.4, -0.2) is 36.5 Å². The summed E-state index contributed by atoms with van der Waals surface area (Å²) < 4.78 is 0. The van der Waals surface area contributed by atoms with Crippen LogP contribution >= 0.6 is 11.8 Å². The number of para-hydroxylation sites is 1. The van der Waals surface area contributed by atoms with Crippen molar-refractivity contribution in [2.75, 3.05) is 30.9 Å². The minimum atomic E-state index is 0.385. The molecule has 3 heteroatoms. The van der Waals surface area contributed by atoms with Crippen LogP contribution < -0.4 is 5.32 Å². The van der Waals surface area contributed by atoms with Gasteiger partial charge in [-0.15, -0.1) is 0 Å². The van der Waals surface area contributed by atoms with E-state index in [1.807, 2.05) is 0 Å². The highest BCUT2D eigenvalue weighted by molar-refractivity contribution is 7.99. The average Bonchev–Trinajstić information content (AvgIpc) is 2.33. The second kappa shape index (κ2) is 6.19. The maximum Gasteiger partial charge on any atom is 0.0403 e. The minimum absolute atomic E-state index is 0.385. The summed E-state index contributed by atoms with van der Waals surface area (Å²) in [7, 11) is 4.24. The highest BCUT2D eigenvalue weighted by atomic mass is 32.2. The molecule has 1 unspecified atom stereocenters. The molecule has 1 aromatic rings. The SMILES string of the molecule is CN(C)Cc1ccccc1NC1CSCCC1(C)C. The molecule has 1 saturated heterocycles. The standard InChI is InChI=1S/C16H26N2S/c1-16(2)9-10-19-12-15(16)17-14-8-6-5-7-13(14)11-18(3)4/h5-8,15,17H,9-12H2,1-4H3. The Labute approximate surface area is 122 Å². The molecule has 1 N–H and O–H groups in total. The lowest BCUT2D eigenvalue weighted by molar-refractivity contribution is 0.304. The summed E-state index contributed by atoms with van der Waals surface area (Å²) in [5.41, 5.74) is 3.08. The van der Waals surface area contributed by atoms with E-state index in [4.69, 9.17) is 0 Å². The van der Waals surface area contributed by atoms with Crippen molar-refractivity contribution in [2.45, 2.75) is 32.9 Å². The van der Waals surface area contributed by atoms with Gasteiger partial charge < -0.3 is 10.2 Å². The zero-order valence-electron chi connectivity index (χ0n) is 12.6. The molecule has 1 heterocycles. The summed E-state index contributed by atoms with van der Waals surface area (Å²) in [5, 5.41) is 3.80. The molecule has 1 aliphatic rings. The number of hydrogen-bond donors (Lipinski definition) is 1. The Morgan fingerprint density at radius 1 is 1.32 bits per heavy atom. The molecular weight excluding hydrogens is 252 g/mol. The molecule has 1 atom stereocenters. The number of rotatable bonds is 4. The van der Waals surface area contributed by atoms with E-state index in [1.54, 1.807) is 0 Å². The first-order chi connectivity index (χ1) is 8.99. The lowest BCUT2D eigenvalue weighted by atomic mass is 9.82. The molecule has 0 spiro atoms. The normalized spacial score (nSPS) is 22.5. The summed E-state index contributed by atoms with van der Waals surface area (Å²) in [6.07, 6.45) is 1.30. The number of nitrogens with one attached hydrogen (secondary N) is 1. The van der Waals surface area contributed by atoms with Crippen LogP contribution in [0.5, 0.6) is 0 Å². The molecule has 2 rings (SSSR count). The number of anilines is 1. The van der Waals surface area contributed by atoms with Crippen LogP contribution in [0.4, 0.5) is 5.69 Å². The second-order valence-corrected chi connectivity index (χ2v) is 7.56. The maximum atomic E-state index is 3.80. The van der Waals surface area contributed by atoms with Gasteiger partial charge in [0, 0.05) is 24.0 Å². The average molecular weight is 278 g/mol. The van der Waals surface area contributed by atoms with Gasteiger partial charge in [0.25, 0.3) is 0 Å². The largest absolute Gasteiger partial charge is 0.381 e. The summed E-state index contributed by atoms with van der Waals surface area (Å²) in [4.78, 5) is 2.22. The van der Waals surface area contributed by atoms with Crippen LogP contribution in [0.1, 0.15) is 25.8 Å². The molecule has 0 bridgehead atoms. The molecule has 0 saturated carbocycles. The van der Waals surface area contributed by atoms with Gasteiger partial charge >= 0.3 is 0 Å². The quantitative estimate of drug-likeness (QED) is 0.904. The van der Waals surface area contributed by atoms with E-state index in [0.717, 1.165) is 6.54 Å². The van der Waals surface area contributed by atoms with E-state index >= 15 is 0 Å². The predicted octanol–water partition coefficient (Wildman–Crippen LogP) is 3.69. The van der Waals surface area contributed by atoms with Gasteiger partial charge in [-0.1, -0.05) is 32.0 Å². The monoisotopic (exact) mass is 278 g/mol. The smallest absolute Gasteiger partial charge is 0.0403 e. The maximum absolute atomic E-state index is 3.80. The molecule has 0 radical (unpaired) electrons. The van der Waals surface area contributed by atoms with Crippen LogP contribution in [0.2, 0.25) is 0 Å². The van der Waals surface area contributed by atoms with Gasteiger partial charge in [-0.25, -0.2) is 0 Å². The van der Waals surface area contributed by atoms with Crippen molar-refractivity contribution in [1.82, 2.24) is 4.90 Å². The first-order valence-electron chi connectivity index (χ1n) is 7.06. The molecule has 1 aliphatic heterocycles. The third kappa shape index (κ3) is 3.90. The second-order valence-electron chi connectivity index (χ2n) is 6.41. The number of thioether (sulfide) groups is 1. The Hall–Kier alpha value is -0.670. The predicted molar refractivity (Wildman–Crippen MR) is 87.0 cm³/mol. The van der Waals surface area contributed by atoms with E-state index in [1.165, 1.54) is 29.2 Å². The van der Waals surface area contributed by atoms with Crippen molar-refractivity contribution >= 4 is 17.4 Å². The zero-order valence-corrected chi connectivity index (χ0v) is 13.4. The van der Waals surface area contributed by atoms with Crippen molar-refractivity contribution in [3.8, 4) is 0 Å². The van der Waals surface area contributed by atoms with Crippen molar-refractivity contribution in [3.63, 3.8) is 0 Å². The third-order valence-electron chi connectivity index (χ3n) is 3.95. The van der Waals surface area contributed by atoms with Gasteiger partial charge in [-0.3, -0.25) is 0 Å². The van der Waals surface area contributed by atoms with Crippen LogP contribution in [0.25, 0.3) is 0 Å². The van der Waals surface area contributed by atoms with Crippen LogP contribution in [-0.2, 0) is 6.54 Å². The lowest BCUT2D eigenvalue weighted by Crippen LogP contribution is -2.41. The van der Waals surface area contributed by atoms with Crippen LogP contribution in [0, 0.1) is 5.41 Å².